The van der Waals surface area contributed by atoms with Crippen molar-refractivity contribution in [2.45, 2.75) is 13.0 Å². The van der Waals surface area contributed by atoms with E-state index in [0.717, 1.165) is 45.8 Å². The summed E-state index contributed by atoms with van der Waals surface area (Å²) in [7, 11) is 0. The molecule has 0 saturated carbocycles. The third-order valence-electron chi connectivity index (χ3n) is 3.24. The fourth-order valence-corrected chi connectivity index (χ4v) is 2.19. The molecule has 0 spiro atoms. The number of nitrogens with one attached hydrogen (secondary N) is 2. The minimum absolute atomic E-state index is 0.0952. The van der Waals surface area contributed by atoms with Gasteiger partial charge in [-0.2, -0.15) is 0 Å². The lowest BCUT2D eigenvalue weighted by atomic mass is 10.2. The first kappa shape index (κ1) is 10.7. The standard InChI is InChI=1S/C10H20N4O/c1-9-8-11-2-4-13(9)6-7-14-5-3-12-10(14)15/h9,11H,2-8H2,1H3,(H,12,15)/t9-/m1/s1. The number of rotatable bonds is 3. The van der Waals surface area contributed by atoms with E-state index in [9.17, 15) is 4.79 Å². The highest BCUT2D eigenvalue weighted by Crippen LogP contribution is 2.03. The number of nitrogens with zero attached hydrogens (tertiary/aromatic N) is 2. The van der Waals surface area contributed by atoms with Crippen LogP contribution < -0.4 is 10.6 Å². The average Bonchev–Trinajstić information content (AvgIpc) is 2.63. The Labute approximate surface area is 90.8 Å². The van der Waals surface area contributed by atoms with Crippen molar-refractivity contribution in [3.05, 3.63) is 0 Å². The second kappa shape index (κ2) is 4.81. The molecule has 0 aliphatic carbocycles. The first-order valence-electron chi connectivity index (χ1n) is 5.75. The van der Waals surface area contributed by atoms with Crippen LogP contribution >= 0.6 is 0 Å². The van der Waals surface area contributed by atoms with E-state index < -0.39 is 0 Å². The molecule has 0 radical (unpaired) electrons. The Balaban J connectivity index is 1.74. The average molecular weight is 212 g/mol. The van der Waals surface area contributed by atoms with Crippen LogP contribution in [0.4, 0.5) is 4.79 Å². The number of carbonyl (C=O) groups is 1. The number of carbonyl (C=O) groups excluding carboxylic acids is 1. The van der Waals surface area contributed by atoms with Gasteiger partial charge in [-0.1, -0.05) is 0 Å². The molecule has 2 N–H and O–H groups in total. The number of hydrogen-bond acceptors (Lipinski definition) is 3. The molecule has 2 amide bonds. The van der Waals surface area contributed by atoms with Gasteiger partial charge < -0.3 is 15.5 Å². The van der Waals surface area contributed by atoms with Crippen LogP contribution in [0.1, 0.15) is 6.92 Å². The van der Waals surface area contributed by atoms with Crippen LogP contribution in [0, 0.1) is 0 Å². The summed E-state index contributed by atoms with van der Waals surface area (Å²) in [6.45, 7) is 8.97. The molecule has 0 unspecified atom stereocenters. The SMILES string of the molecule is C[C@@H]1CNCCN1CCN1CCNC1=O. The first-order chi connectivity index (χ1) is 7.27. The molecule has 2 fully saturated rings. The van der Waals surface area contributed by atoms with Gasteiger partial charge in [0, 0.05) is 51.9 Å². The molecular formula is C10H20N4O. The van der Waals surface area contributed by atoms with Gasteiger partial charge in [0.15, 0.2) is 0 Å². The Bertz CT molecular complexity index is 233. The molecular weight excluding hydrogens is 192 g/mol. The monoisotopic (exact) mass is 212 g/mol. The fraction of sp³-hybridized carbons (Fsp3) is 0.900. The van der Waals surface area contributed by atoms with Gasteiger partial charge in [-0.05, 0) is 6.92 Å². The van der Waals surface area contributed by atoms with E-state index in [0.29, 0.717) is 6.04 Å². The van der Waals surface area contributed by atoms with E-state index >= 15 is 0 Å². The lowest BCUT2D eigenvalue weighted by Gasteiger charge is -2.34. The van der Waals surface area contributed by atoms with Gasteiger partial charge in [-0.25, -0.2) is 4.79 Å². The van der Waals surface area contributed by atoms with Crippen LogP contribution in [0.25, 0.3) is 0 Å². The molecule has 0 aromatic heterocycles. The van der Waals surface area contributed by atoms with Crippen molar-refractivity contribution in [1.29, 1.82) is 0 Å². The summed E-state index contributed by atoms with van der Waals surface area (Å²) < 4.78 is 0. The van der Waals surface area contributed by atoms with E-state index in [-0.39, 0.29) is 6.03 Å². The Kier molecular flexibility index (Phi) is 3.43. The first-order valence-corrected chi connectivity index (χ1v) is 5.75. The van der Waals surface area contributed by atoms with Gasteiger partial charge in [-0.15, -0.1) is 0 Å². The van der Waals surface area contributed by atoms with Crippen molar-refractivity contribution in [3.63, 3.8) is 0 Å². The highest BCUT2D eigenvalue weighted by Gasteiger charge is 2.22. The Morgan fingerprint density at radius 1 is 1.33 bits per heavy atom. The largest absolute Gasteiger partial charge is 0.336 e. The zero-order valence-electron chi connectivity index (χ0n) is 9.33. The molecule has 86 valence electrons. The second-order valence-corrected chi connectivity index (χ2v) is 4.31. The number of piperazine rings is 1. The molecule has 5 nitrogen and oxygen atoms in total. The lowest BCUT2D eigenvalue weighted by molar-refractivity contribution is 0.154. The summed E-state index contributed by atoms with van der Waals surface area (Å²) >= 11 is 0. The predicted molar refractivity (Wildman–Crippen MR) is 58.9 cm³/mol. The molecule has 5 heteroatoms. The quantitative estimate of drug-likeness (QED) is 0.651. The van der Waals surface area contributed by atoms with Crippen LogP contribution in [0.3, 0.4) is 0 Å². The summed E-state index contributed by atoms with van der Waals surface area (Å²) in [4.78, 5) is 15.7. The second-order valence-electron chi connectivity index (χ2n) is 4.31. The Morgan fingerprint density at radius 3 is 2.87 bits per heavy atom. The van der Waals surface area contributed by atoms with Gasteiger partial charge in [-0.3, -0.25) is 4.90 Å². The maximum Gasteiger partial charge on any atom is 0.317 e. The van der Waals surface area contributed by atoms with E-state index in [1.807, 2.05) is 4.90 Å². The molecule has 2 heterocycles. The molecule has 2 rings (SSSR count). The number of urea groups is 1. The van der Waals surface area contributed by atoms with Crippen molar-refractivity contribution in [2.75, 3.05) is 45.8 Å². The van der Waals surface area contributed by atoms with Crippen molar-refractivity contribution in [3.8, 4) is 0 Å². The van der Waals surface area contributed by atoms with Crippen LogP contribution in [0.5, 0.6) is 0 Å². The van der Waals surface area contributed by atoms with Gasteiger partial charge >= 0.3 is 6.03 Å². The Hall–Kier alpha value is -0.810. The highest BCUT2D eigenvalue weighted by molar-refractivity contribution is 5.76. The fourth-order valence-electron chi connectivity index (χ4n) is 2.19. The smallest absolute Gasteiger partial charge is 0.317 e. The number of amides is 2. The summed E-state index contributed by atoms with van der Waals surface area (Å²) in [5, 5.41) is 6.19. The highest BCUT2D eigenvalue weighted by atomic mass is 16.2. The van der Waals surface area contributed by atoms with E-state index in [2.05, 4.69) is 22.5 Å². The zero-order chi connectivity index (χ0) is 10.7. The molecule has 0 bridgehead atoms. The topological polar surface area (TPSA) is 47.6 Å². The van der Waals surface area contributed by atoms with Crippen molar-refractivity contribution in [1.82, 2.24) is 20.4 Å². The third kappa shape index (κ3) is 2.60. The van der Waals surface area contributed by atoms with Crippen molar-refractivity contribution >= 4 is 6.03 Å². The Morgan fingerprint density at radius 2 is 2.20 bits per heavy atom. The van der Waals surface area contributed by atoms with Gasteiger partial charge in [0.1, 0.15) is 0 Å². The van der Waals surface area contributed by atoms with Crippen molar-refractivity contribution < 1.29 is 4.79 Å². The maximum absolute atomic E-state index is 11.3. The minimum Gasteiger partial charge on any atom is -0.336 e. The van der Waals surface area contributed by atoms with Gasteiger partial charge in [0.2, 0.25) is 0 Å². The molecule has 2 aliphatic rings. The molecule has 0 aromatic rings. The van der Waals surface area contributed by atoms with Gasteiger partial charge in [0.25, 0.3) is 0 Å². The summed E-state index contributed by atoms with van der Waals surface area (Å²) in [6, 6.07) is 0.683. The van der Waals surface area contributed by atoms with Crippen LogP contribution in [-0.2, 0) is 0 Å². The van der Waals surface area contributed by atoms with Crippen LogP contribution in [0.2, 0.25) is 0 Å². The van der Waals surface area contributed by atoms with Crippen LogP contribution in [0.15, 0.2) is 0 Å². The molecule has 1 atom stereocenters. The van der Waals surface area contributed by atoms with E-state index in [1.165, 1.54) is 0 Å². The summed E-state index contributed by atoms with van der Waals surface area (Å²) in [5.74, 6) is 0. The normalized spacial score (nSPS) is 28.2. The van der Waals surface area contributed by atoms with Gasteiger partial charge in [0.05, 0.1) is 0 Å². The predicted octanol–water partition coefficient (Wildman–Crippen LogP) is -0.695. The minimum atomic E-state index is 0.0952. The molecule has 15 heavy (non-hydrogen) atoms. The van der Waals surface area contributed by atoms with Crippen LogP contribution in [-0.4, -0.2) is 67.7 Å². The number of hydrogen-bond donors (Lipinski definition) is 2. The molecule has 2 aliphatic heterocycles. The summed E-state index contributed by atoms with van der Waals surface area (Å²) in [6.07, 6.45) is 0. The third-order valence-corrected chi connectivity index (χ3v) is 3.24. The maximum atomic E-state index is 11.3. The van der Waals surface area contributed by atoms with E-state index in [1.54, 1.807) is 0 Å². The molecule has 0 aromatic carbocycles. The molecule has 2 saturated heterocycles. The zero-order valence-corrected chi connectivity index (χ0v) is 9.33. The van der Waals surface area contributed by atoms with E-state index in [4.69, 9.17) is 0 Å². The lowest BCUT2D eigenvalue weighted by Crippen LogP contribution is -2.51. The summed E-state index contributed by atoms with van der Waals surface area (Å²) in [5.41, 5.74) is 0. The van der Waals surface area contributed by atoms with Crippen molar-refractivity contribution in [2.24, 2.45) is 0 Å².